The van der Waals surface area contributed by atoms with Crippen LogP contribution in [0.4, 0.5) is 4.79 Å². The van der Waals surface area contributed by atoms with Crippen molar-refractivity contribution in [2.75, 3.05) is 19.6 Å². The van der Waals surface area contributed by atoms with Crippen LogP contribution in [0.5, 0.6) is 0 Å². The van der Waals surface area contributed by atoms with Crippen molar-refractivity contribution < 1.29 is 13.2 Å². The number of carbonyl (C=O) groups is 1. The molecule has 0 radical (unpaired) electrons. The third-order valence-corrected chi connectivity index (χ3v) is 7.06. The number of sulfone groups is 1. The maximum atomic E-state index is 12.7. The molecule has 0 bridgehead atoms. The van der Waals surface area contributed by atoms with Gasteiger partial charge < -0.3 is 10.2 Å². The number of urea groups is 1. The molecule has 1 saturated heterocycles. The Bertz CT molecular complexity index is 838. The van der Waals surface area contributed by atoms with E-state index in [2.05, 4.69) is 12.2 Å². The van der Waals surface area contributed by atoms with E-state index in [-0.39, 0.29) is 18.5 Å². The van der Waals surface area contributed by atoms with Crippen molar-refractivity contribution in [1.82, 2.24) is 10.2 Å². The van der Waals surface area contributed by atoms with Gasteiger partial charge in [-0.1, -0.05) is 55.5 Å². The monoisotopic (exact) mass is 372 g/mol. The molecule has 1 N–H and O–H groups in total. The molecular formula is C20H24N2O3S. The molecule has 0 saturated carbocycles. The minimum Gasteiger partial charge on any atom is -0.337 e. The Morgan fingerprint density at radius 1 is 1.12 bits per heavy atom. The lowest BCUT2D eigenvalue weighted by molar-refractivity contribution is 0.208. The van der Waals surface area contributed by atoms with Crippen LogP contribution in [0.1, 0.15) is 24.8 Å². The SMILES string of the molecule is C[C@H](CNC(=O)N1CCC(S(=O)(=O)c2ccccc2)C1)c1ccccc1. The zero-order chi connectivity index (χ0) is 18.6. The summed E-state index contributed by atoms with van der Waals surface area (Å²) in [5.74, 6) is 0.201. The van der Waals surface area contributed by atoms with Gasteiger partial charge in [-0.3, -0.25) is 0 Å². The van der Waals surface area contributed by atoms with Crippen LogP contribution in [0.15, 0.2) is 65.6 Å². The number of nitrogens with one attached hydrogen (secondary N) is 1. The van der Waals surface area contributed by atoms with Crippen molar-refractivity contribution in [3.63, 3.8) is 0 Å². The Kier molecular flexibility index (Phi) is 5.61. The first-order chi connectivity index (χ1) is 12.5. The first-order valence-electron chi connectivity index (χ1n) is 8.85. The molecule has 6 heteroatoms. The average Bonchev–Trinajstić information content (AvgIpc) is 3.18. The molecule has 2 amide bonds. The van der Waals surface area contributed by atoms with E-state index in [1.165, 1.54) is 5.56 Å². The van der Waals surface area contributed by atoms with Crippen molar-refractivity contribution in [2.45, 2.75) is 29.4 Å². The molecule has 2 atom stereocenters. The van der Waals surface area contributed by atoms with Gasteiger partial charge in [0, 0.05) is 19.6 Å². The lowest BCUT2D eigenvalue weighted by Gasteiger charge is -2.19. The van der Waals surface area contributed by atoms with E-state index in [1.54, 1.807) is 35.2 Å². The van der Waals surface area contributed by atoms with Crippen molar-refractivity contribution in [2.24, 2.45) is 0 Å². The molecule has 2 aromatic carbocycles. The topological polar surface area (TPSA) is 66.5 Å². The molecule has 26 heavy (non-hydrogen) atoms. The Morgan fingerprint density at radius 3 is 2.38 bits per heavy atom. The summed E-state index contributed by atoms with van der Waals surface area (Å²) >= 11 is 0. The van der Waals surface area contributed by atoms with Crippen LogP contribution in [-0.2, 0) is 9.84 Å². The van der Waals surface area contributed by atoms with E-state index in [4.69, 9.17) is 0 Å². The first kappa shape index (κ1) is 18.5. The molecule has 3 rings (SSSR count). The van der Waals surface area contributed by atoms with Crippen molar-refractivity contribution in [1.29, 1.82) is 0 Å². The average molecular weight is 372 g/mol. The molecular weight excluding hydrogens is 348 g/mol. The number of hydrogen-bond donors (Lipinski definition) is 1. The standard InChI is InChI=1S/C20H24N2O3S/c1-16(17-8-4-2-5-9-17)14-21-20(23)22-13-12-19(15-22)26(24,25)18-10-6-3-7-11-18/h2-11,16,19H,12-15H2,1H3,(H,21,23)/t16-,19?/m1/s1. The number of likely N-dealkylation sites (tertiary alicyclic amines) is 1. The normalized spacial score (nSPS) is 18.5. The summed E-state index contributed by atoms with van der Waals surface area (Å²) in [7, 11) is -3.40. The number of amides is 2. The van der Waals surface area contributed by atoms with Crippen LogP contribution in [0, 0.1) is 0 Å². The number of hydrogen-bond acceptors (Lipinski definition) is 3. The number of nitrogens with zero attached hydrogens (tertiary/aromatic N) is 1. The maximum absolute atomic E-state index is 12.7. The van der Waals surface area contributed by atoms with Gasteiger partial charge in [0.05, 0.1) is 10.1 Å². The fourth-order valence-corrected chi connectivity index (χ4v) is 4.93. The zero-order valence-electron chi connectivity index (χ0n) is 14.8. The van der Waals surface area contributed by atoms with E-state index in [1.807, 2.05) is 30.3 Å². The van der Waals surface area contributed by atoms with Gasteiger partial charge >= 0.3 is 6.03 Å². The summed E-state index contributed by atoms with van der Waals surface area (Å²) in [4.78, 5) is 14.3. The zero-order valence-corrected chi connectivity index (χ0v) is 15.7. The first-order valence-corrected chi connectivity index (χ1v) is 10.4. The van der Waals surface area contributed by atoms with Gasteiger partial charge in [0.15, 0.2) is 9.84 Å². The number of rotatable bonds is 5. The highest BCUT2D eigenvalue weighted by molar-refractivity contribution is 7.92. The second-order valence-corrected chi connectivity index (χ2v) is 8.94. The summed E-state index contributed by atoms with van der Waals surface area (Å²) in [5, 5.41) is 2.39. The second kappa shape index (κ2) is 7.91. The Balaban J connectivity index is 1.56. The third kappa shape index (κ3) is 4.07. The summed E-state index contributed by atoms with van der Waals surface area (Å²) in [6, 6.07) is 18.3. The number of carbonyl (C=O) groups excluding carboxylic acids is 1. The molecule has 5 nitrogen and oxygen atoms in total. The summed E-state index contributed by atoms with van der Waals surface area (Å²) in [6.07, 6.45) is 0.471. The van der Waals surface area contributed by atoms with Gasteiger partial charge in [0.1, 0.15) is 0 Å². The molecule has 0 aliphatic carbocycles. The predicted molar refractivity (Wildman–Crippen MR) is 102 cm³/mol. The third-order valence-electron chi connectivity index (χ3n) is 4.87. The van der Waals surface area contributed by atoms with E-state index in [9.17, 15) is 13.2 Å². The highest BCUT2D eigenvalue weighted by Crippen LogP contribution is 2.24. The Morgan fingerprint density at radius 2 is 1.73 bits per heavy atom. The van der Waals surface area contributed by atoms with E-state index in [0.29, 0.717) is 24.4 Å². The summed E-state index contributed by atoms with van der Waals surface area (Å²) in [5.41, 5.74) is 1.17. The van der Waals surface area contributed by atoms with Crippen molar-refractivity contribution >= 4 is 15.9 Å². The summed E-state index contributed by atoms with van der Waals surface area (Å²) < 4.78 is 25.4. The van der Waals surface area contributed by atoms with E-state index in [0.717, 1.165) is 0 Å². The smallest absolute Gasteiger partial charge is 0.317 e. The van der Waals surface area contributed by atoms with Gasteiger partial charge in [-0.05, 0) is 30.0 Å². The van der Waals surface area contributed by atoms with Gasteiger partial charge in [-0.15, -0.1) is 0 Å². The Labute approximate surface area is 154 Å². The van der Waals surface area contributed by atoms with Gasteiger partial charge in [0.2, 0.25) is 0 Å². The Hall–Kier alpha value is -2.34. The quantitative estimate of drug-likeness (QED) is 0.877. The molecule has 1 fully saturated rings. The van der Waals surface area contributed by atoms with Crippen molar-refractivity contribution in [3.05, 3.63) is 66.2 Å². The largest absolute Gasteiger partial charge is 0.337 e. The van der Waals surface area contributed by atoms with E-state index >= 15 is 0 Å². The second-order valence-electron chi connectivity index (χ2n) is 6.71. The van der Waals surface area contributed by atoms with Crippen LogP contribution in [0.2, 0.25) is 0 Å². The molecule has 138 valence electrons. The van der Waals surface area contributed by atoms with Crippen LogP contribution in [0.3, 0.4) is 0 Å². The van der Waals surface area contributed by atoms with E-state index < -0.39 is 15.1 Å². The predicted octanol–water partition coefficient (Wildman–Crippen LogP) is 3.05. The molecule has 1 aliphatic heterocycles. The summed E-state index contributed by atoms with van der Waals surface area (Å²) in [6.45, 7) is 3.28. The number of benzene rings is 2. The van der Waals surface area contributed by atoms with Crippen LogP contribution < -0.4 is 5.32 Å². The van der Waals surface area contributed by atoms with Gasteiger partial charge in [0.25, 0.3) is 0 Å². The van der Waals surface area contributed by atoms with Crippen LogP contribution >= 0.6 is 0 Å². The fourth-order valence-electron chi connectivity index (χ4n) is 3.22. The molecule has 0 aromatic heterocycles. The minimum absolute atomic E-state index is 0.196. The molecule has 2 aromatic rings. The highest BCUT2D eigenvalue weighted by atomic mass is 32.2. The molecule has 1 aliphatic rings. The highest BCUT2D eigenvalue weighted by Gasteiger charge is 2.36. The lowest BCUT2D eigenvalue weighted by Crippen LogP contribution is -2.41. The minimum atomic E-state index is -3.40. The van der Waals surface area contributed by atoms with Crippen molar-refractivity contribution in [3.8, 4) is 0 Å². The molecule has 1 heterocycles. The molecule has 0 spiro atoms. The van der Waals surface area contributed by atoms with Gasteiger partial charge in [-0.25, -0.2) is 13.2 Å². The fraction of sp³-hybridized carbons (Fsp3) is 0.350. The van der Waals surface area contributed by atoms with Gasteiger partial charge in [-0.2, -0.15) is 0 Å². The van der Waals surface area contributed by atoms with Crippen LogP contribution in [0.25, 0.3) is 0 Å². The maximum Gasteiger partial charge on any atom is 0.317 e. The molecule has 1 unspecified atom stereocenters. The van der Waals surface area contributed by atoms with Crippen LogP contribution in [-0.4, -0.2) is 44.2 Å². The lowest BCUT2D eigenvalue weighted by atomic mass is 10.0.